The number of hydrogen-bond acceptors (Lipinski definition) is 4. The molecule has 0 aliphatic rings. The van der Waals surface area contributed by atoms with Gasteiger partial charge in [-0.2, -0.15) is 0 Å². The highest BCUT2D eigenvalue weighted by molar-refractivity contribution is 9.10. The average molecular weight is 393 g/mol. The molecule has 1 amide bonds. The van der Waals surface area contributed by atoms with Crippen LogP contribution in [-0.2, 0) is 4.79 Å². The van der Waals surface area contributed by atoms with Gasteiger partial charge in [0.05, 0.1) is 20.8 Å². The summed E-state index contributed by atoms with van der Waals surface area (Å²) in [6.07, 6.45) is 0. The quantitative estimate of drug-likeness (QED) is 0.775. The molecule has 0 spiro atoms. The van der Waals surface area contributed by atoms with Crippen LogP contribution in [0.3, 0.4) is 0 Å². The number of aryl methyl sites for hydroxylation is 2. The highest BCUT2D eigenvalue weighted by Crippen LogP contribution is 2.32. The first-order chi connectivity index (χ1) is 11.4. The third kappa shape index (κ3) is 4.41. The number of benzene rings is 2. The van der Waals surface area contributed by atoms with E-state index in [0.29, 0.717) is 11.5 Å². The Labute approximate surface area is 150 Å². The lowest BCUT2D eigenvalue weighted by atomic mass is 10.1. The van der Waals surface area contributed by atoms with Crippen LogP contribution in [0.4, 0.5) is 11.4 Å². The summed E-state index contributed by atoms with van der Waals surface area (Å²) in [5.41, 5.74) is 3.60. The van der Waals surface area contributed by atoms with E-state index < -0.39 is 0 Å². The van der Waals surface area contributed by atoms with Crippen LogP contribution < -0.4 is 20.1 Å². The molecule has 2 rings (SSSR count). The molecular formula is C18H21BrN2O3. The lowest BCUT2D eigenvalue weighted by Crippen LogP contribution is -2.22. The summed E-state index contributed by atoms with van der Waals surface area (Å²) in [6, 6.07) is 9.43. The van der Waals surface area contributed by atoms with Gasteiger partial charge in [0, 0.05) is 21.9 Å². The first-order valence-corrected chi connectivity index (χ1v) is 8.26. The van der Waals surface area contributed by atoms with Crippen LogP contribution in [-0.4, -0.2) is 26.7 Å². The van der Waals surface area contributed by atoms with Crippen molar-refractivity contribution in [2.24, 2.45) is 0 Å². The van der Waals surface area contributed by atoms with E-state index in [0.717, 1.165) is 27.0 Å². The molecule has 0 aliphatic heterocycles. The molecule has 0 aliphatic carbocycles. The molecular weight excluding hydrogens is 372 g/mol. The van der Waals surface area contributed by atoms with Crippen molar-refractivity contribution in [2.45, 2.75) is 13.8 Å². The van der Waals surface area contributed by atoms with Gasteiger partial charge in [-0.15, -0.1) is 0 Å². The second-order valence-corrected chi connectivity index (χ2v) is 6.30. The first-order valence-electron chi connectivity index (χ1n) is 7.47. The maximum absolute atomic E-state index is 12.2. The molecule has 24 heavy (non-hydrogen) atoms. The fourth-order valence-corrected chi connectivity index (χ4v) is 2.78. The number of ether oxygens (including phenoxy) is 2. The molecule has 0 atom stereocenters. The summed E-state index contributed by atoms with van der Waals surface area (Å²) in [4.78, 5) is 12.2. The van der Waals surface area contributed by atoms with E-state index in [1.54, 1.807) is 14.2 Å². The average Bonchev–Trinajstić information content (AvgIpc) is 2.56. The van der Waals surface area contributed by atoms with Gasteiger partial charge in [0.2, 0.25) is 5.91 Å². The second kappa shape index (κ2) is 8.06. The van der Waals surface area contributed by atoms with Gasteiger partial charge in [0.1, 0.15) is 0 Å². The number of carbonyl (C=O) groups is 1. The van der Waals surface area contributed by atoms with Crippen molar-refractivity contribution >= 4 is 33.2 Å². The van der Waals surface area contributed by atoms with Gasteiger partial charge in [-0.25, -0.2) is 0 Å². The normalized spacial score (nSPS) is 10.2. The van der Waals surface area contributed by atoms with Crippen LogP contribution in [0.2, 0.25) is 0 Å². The van der Waals surface area contributed by atoms with Gasteiger partial charge < -0.3 is 20.1 Å². The minimum absolute atomic E-state index is 0.116. The Morgan fingerprint density at radius 1 is 1.00 bits per heavy atom. The molecule has 2 aromatic carbocycles. The topological polar surface area (TPSA) is 59.6 Å². The number of halogens is 1. The zero-order chi connectivity index (χ0) is 17.7. The molecule has 0 heterocycles. The Morgan fingerprint density at radius 3 is 2.25 bits per heavy atom. The van der Waals surface area contributed by atoms with Gasteiger partial charge in [-0.05, 0) is 49.2 Å². The molecule has 128 valence electrons. The minimum Gasteiger partial charge on any atom is -0.493 e. The highest BCUT2D eigenvalue weighted by atomic mass is 79.9. The molecule has 2 aromatic rings. The SMILES string of the molecule is COc1cc(C)c(NCC(=O)Nc2ccc(Br)cc2C)cc1OC. The summed E-state index contributed by atoms with van der Waals surface area (Å²) in [5, 5.41) is 6.03. The molecule has 0 unspecified atom stereocenters. The van der Waals surface area contributed by atoms with E-state index in [1.807, 2.05) is 44.2 Å². The molecule has 2 N–H and O–H groups in total. The lowest BCUT2D eigenvalue weighted by Gasteiger charge is -2.15. The number of hydrogen-bond donors (Lipinski definition) is 2. The maximum Gasteiger partial charge on any atom is 0.243 e. The van der Waals surface area contributed by atoms with Crippen molar-refractivity contribution in [2.75, 3.05) is 31.4 Å². The third-order valence-electron chi connectivity index (χ3n) is 3.63. The summed E-state index contributed by atoms with van der Waals surface area (Å²) in [5.74, 6) is 1.17. The number of anilines is 2. The van der Waals surface area contributed by atoms with E-state index in [4.69, 9.17) is 9.47 Å². The predicted octanol–water partition coefficient (Wildman–Crippen LogP) is 4.13. The monoisotopic (exact) mass is 392 g/mol. The van der Waals surface area contributed by atoms with Crippen LogP contribution >= 0.6 is 15.9 Å². The van der Waals surface area contributed by atoms with E-state index in [1.165, 1.54) is 0 Å². The Balaban J connectivity index is 2.03. The van der Waals surface area contributed by atoms with Crippen molar-refractivity contribution in [1.82, 2.24) is 0 Å². The number of carbonyl (C=O) groups excluding carboxylic acids is 1. The van der Waals surface area contributed by atoms with E-state index in [2.05, 4.69) is 26.6 Å². The molecule has 5 nitrogen and oxygen atoms in total. The van der Waals surface area contributed by atoms with E-state index >= 15 is 0 Å². The smallest absolute Gasteiger partial charge is 0.243 e. The van der Waals surface area contributed by atoms with Crippen LogP contribution in [0.1, 0.15) is 11.1 Å². The second-order valence-electron chi connectivity index (χ2n) is 5.38. The minimum atomic E-state index is -0.116. The first kappa shape index (κ1) is 18.1. The zero-order valence-corrected chi connectivity index (χ0v) is 15.8. The van der Waals surface area contributed by atoms with E-state index in [-0.39, 0.29) is 12.5 Å². The molecule has 0 aromatic heterocycles. The third-order valence-corrected chi connectivity index (χ3v) is 4.13. The van der Waals surface area contributed by atoms with Crippen molar-refractivity contribution in [1.29, 1.82) is 0 Å². The Bertz CT molecular complexity index is 747. The number of methoxy groups -OCH3 is 2. The molecule has 0 fully saturated rings. The van der Waals surface area contributed by atoms with Gasteiger partial charge in [-0.3, -0.25) is 4.79 Å². The van der Waals surface area contributed by atoms with Crippen molar-refractivity contribution in [3.05, 3.63) is 45.9 Å². The van der Waals surface area contributed by atoms with E-state index in [9.17, 15) is 4.79 Å². The fraction of sp³-hybridized carbons (Fsp3) is 0.278. The van der Waals surface area contributed by atoms with Gasteiger partial charge in [0.25, 0.3) is 0 Å². The maximum atomic E-state index is 12.2. The Kier molecular flexibility index (Phi) is 6.09. The van der Waals surface area contributed by atoms with Crippen LogP contribution in [0, 0.1) is 13.8 Å². The van der Waals surface area contributed by atoms with Crippen molar-refractivity contribution in [3.8, 4) is 11.5 Å². The Morgan fingerprint density at radius 2 is 1.62 bits per heavy atom. The number of rotatable bonds is 6. The predicted molar refractivity (Wildman–Crippen MR) is 100 cm³/mol. The molecule has 0 bridgehead atoms. The zero-order valence-electron chi connectivity index (χ0n) is 14.2. The molecule has 0 saturated heterocycles. The number of nitrogens with one attached hydrogen (secondary N) is 2. The van der Waals surface area contributed by atoms with Gasteiger partial charge in [0.15, 0.2) is 11.5 Å². The van der Waals surface area contributed by atoms with Crippen LogP contribution in [0.5, 0.6) is 11.5 Å². The largest absolute Gasteiger partial charge is 0.493 e. The Hall–Kier alpha value is -2.21. The summed E-state index contributed by atoms with van der Waals surface area (Å²) >= 11 is 3.41. The highest BCUT2D eigenvalue weighted by Gasteiger charge is 2.10. The summed E-state index contributed by atoms with van der Waals surface area (Å²) < 4.78 is 11.5. The lowest BCUT2D eigenvalue weighted by molar-refractivity contribution is -0.114. The number of amides is 1. The summed E-state index contributed by atoms with van der Waals surface area (Å²) in [7, 11) is 3.18. The fourth-order valence-electron chi connectivity index (χ4n) is 2.31. The van der Waals surface area contributed by atoms with Crippen LogP contribution in [0.15, 0.2) is 34.8 Å². The molecule has 6 heteroatoms. The van der Waals surface area contributed by atoms with Gasteiger partial charge in [-0.1, -0.05) is 15.9 Å². The van der Waals surface area contributed by atoms with Crippen molar-refractivity contribution in [3.63, 3.8) is 0 Å². The molecule has 0 radical (unpaired) electrons. The van der Waals surface area contributed by atoms with Gasteiger partial charge >= 0.3 is 0 Å². The molecule has 0 saturated carbocycles. The standard InChI is InChI=1S/C18H21BrN2O3/c1-11-7-13(19)5-6-14(11)21-18(22)10-20-15-9-17(24-4)16(23-3)8-12(15)2/h5-9,20H,10H2,1-4H3,(H,21,22). The van der Waals surface area contributed by atoms with Crippen molar-refractivity contribution < 1.29 is 14.3 Å². The van der Waals surface area contributed by atoms with Crippen LogP contribution in [0.25, 0.3) is 0 Å². The summed E-state index contributed by atoms with van der Waals surface area (Å²) in [6.45, 7) is 4.05.